The van der Waals surface area contributed by atoms with Gasteiger partial charge in [-0.3, -0.25) is 9.88 Å². The molecule has 0 radical (unpaired) electrons. The molecule has 1 amide bonds. The van der Waals surface area contributed by atoms with Gasteiger partial charge >= 0.3 is 6.09 Å². The van der Waals surface area contributed by atoms with E-state index in [2.05, 4.69) is 4.98 Å². The Kier molecular flexibility index (Phi) is 6.91. The number of anilines is 1. The van der Waals surface area contributed by atoms with E-state index in [1.54, 1.807) is 63.9 Å². The van der Waals surface area contributed by atoms with Crippen LogP contribution in [0, 0.1) is 0 Å². The number of benzene rings is 3. The fourth-order valence-corrected chi connectivity index (χ4v) is 3.87. The first kappa shape index (κ1) is 23.7. The number of carbonyl (C=O) groups is 1. The monoisotopic (exact) mass is 474 g/mol. The summed E-state index contributed by atoms with van der Waals surface area (Å²) in [4.78, 5) is 17.8. The molecule has 1 atom stereocenters. The molecule has 0 bridgehead atoms. The maximum atomic E-state index is 12.1. The van der Waals surface area contributed by atoms with Gasteiger partial charge in [-0.15, -0.1) is 0 Å². The summed E-state index contributed by atoms with van der Waals surface area (Å²) in [6.07, 6.45) is 0.601. The molecule has 1 heterocycles. The van der Waals surface area contributed by atoms with Crippen LogP contribution >= 0.6 is 0 Å². The molecule has 0 saturated carbocycles. The zero-order valence-electron chi connectivity index (χ0n) is 19.9. The van der Waals surface area contributed by atoms with Crippen LogP contribution in [-0.4, -0.2) is 37.5 Å². The minimum atomic E-state index is -1.05. The number of carboxylic acid groups (broad SMARTS) is 1. The summed E-state index contributed by atoms with van der Waals surface area (Å²) >= 11 is 0. The van der Waals surface area contributed by atoms with Crippen molar-refractivity contribution in [2.24, 2.45) is 0 Å². The molecule has 0 spiro atoms. The zero-order chi connectivity index (χ0) is 24.9. The summed E-state index contributed by atoms with van der Waals surface area (Å²) in [5.41, 5.74) is 2.07. The van der Waals surface area contributed by atoms with Crippen molar-refractivity contribution in [2.75, 3.05) is 26.2 Å². The molecule has 0 fully saturated rings. The largest absolute Gasteiger partial charge is 0.497 e. The zero-order valence-corrected chi connectivity index (χ0v) is 19.9. The van der Waals surface area contributed by atoms with E-state index in [-0.39, 0.29) is 0 Å². The molecule has 0 aliphatic carbocycles. The summed E-state index contributed by atoms with van der Waals surface area (Å²) in [5, 5.41) is 10.7. The Bertz CT molecular complexity index is 1320. The van der Waals surface area contributed by atoms with Crippen LogP contribution < -0.4 is 23.8 Å². The second-order valence-corrected chi connectivity index (χ2v) is 7.73. The van der Waals surface area contributed by atoms with Crippen molar-refractivity contribution < 1.29 is 28.8 Å². The highest BCUT2D eigenvalue weighted by Gasteiger charge is 2.23. The fraction of sp³-hybridized carbons (Fsp3) is 0.185. The quantitative estimate of drug-likeness (QED) is 0.320. The molecule has 1 unspecified atom stereocenters. The Hall–Kier alpha value is -4.46. The molecule has 0 aliphatic rings. The van der Waals surface area contributed by atoms with Crippen molar-refractivity contribution in [2.45, 2.75) is 13.0 Å². The van der Waals surface area contributed by atoms with E-state index in [9.17, 15) is 9.90 Å². The lowest BCUT2D eigenvalue weighted by molar-refractivity contribution is 0.199. The molecule has 4 aromatic rings. The number of nitrogens with zero attached hydrogens (tertiary/aromatic N) is 2. The second kappa shape index (κ2) is 10.2. The third kappa shape index (κ3) is 4.91. The van der Waals surface area contributed by atoms with Crippen LogP contribution in [0.5, 0.6) is 28.7 Å². The first-order valence-corrected chi connectivity index (χ1v) is 10.9. The van der Waals surface area contributed by atoms with Crippen LogP contribution in [-0.2, 0) is 0 Å². The van der Waals surface area contributed by atoms with Gasteiger partial charge in [-0.05, 0) is 61.0 Å². The third-order valence-corrected chi connectivity index (χ3v) is 5.74. The molecule has 180 valence electrons. The Labute approximate surface area is 203 Å². The molecule has 0 saturated heterocycles. The average molecular weight is 475 g/mol. The van der Waals surface area contributed by atoms with E-state index < -0.39 is 12.1 Å². The fourth-order valence-electron chi connectivity index (χ4n) is 3.87. The molecule has 1 N–H and O–H groups in total. The summed E-state index contributed by atoms with van der Waals surface area (Å²) in [7, 11) is 4.73. The number of amides is 1. The van der Waals surface area contributed by atoms with E-state index in [4.69, 9.17) is 18.9 Å². The normalized spacial score (nSPS) is 11.5. The summed E-state index contributed by atoms with van der Waals surface area (Å²) < 4.78 is 22.1. The van der Waals surface area contributed by atoms with Gasteiger partial charge in [-0.1, -0.05) is 12.1 Å². The molecule has 0 aliphatic heterocycles. The Morgan fingerprint density at radius 1 is 0.829 bits per heavy atom. The van der Waals surface area contributed by atoms with Gasteiger partial charge in [-0.2, -0.15) is 0 Å². The summed E-state index contributed by atoms with van der Waals surface area (Å²) in [6.45, 7) is 1.84. The number of fused-ring (bicyclic) bond motifs is 1. The summed E-state index contributed by atoms with van der Waals surface area (Å²) in [6, 6.07) is 19.2. The minimum absolute atomic E-state index is 0.406. The molecule has 4 rings (SSSR count). The third-order valence-electron chi connectivity index (χ3n) is 5.74. The van der Waals surface area contributed by atoms with Gasteiger partial charge in [0.05, 0.1) is 32.9 Å². The number of methoxy groups -OCH3 is 3. The van der Waals surface area contributed by atoms with Gasteiger partial charge in [0.1, 0.15) is 17.2 Å². The van der Waals surface area contributed by atoms with Gasteiger partial charge in [-0.25, -0.2) is 4.79 Å². The Morgan fingerprint density at radius 2 is 1.46 bits per heavy atom. The number of pyridine rings is 1. The predicted octanol–water partition coefficient (Wildman–Crippen LogP) is 6.30. The number of rotatable bonds is 8. The van der Waals surface area contributed by atoms with Crippen LogP contribution in [0.1, 0.15) is 18.5 Å². The van der Waals surface area contributed by atoms with Gasteiger partial charge < -0.3 is 24.1 Å². The standard InChI is InChI=1S/C27H26N2O6/c1-17(18-5-9-20(32-2)10-6-18)29(27(30)31)19-7-11-21(12-8-19)35-24-13-14-28-23-16-26(34-4)25(33-3)15-22(23)24/h5-17H,1-4H3,(H,30,31). The van der Waals surface area contributed by atoms with Crippen molar-refractivity contribution in [3.8, 4) is 28.7 Å². The molecule has 1 aromatic heterocycles. The van der Waals surface area contributed by atoms with Crippen molar-refractivity contribution in [1.82, 2.24) is 4.98 Å². The molecule has 8 nitrogen and oxygen atoms in total. The van der Waals surface area contributed by atoms with Crippen molar-refractivity contribution in [3.63, 3.8) is 0 Å². The maximum Gasteiger partial charge on any atom is 0.412 e. The van der Waals surface area contributed by atoms with Gasteiger partial charge in [0.2, 0.25) is 0 Å². The highest BCUT2D eigenvalue weighted by Crippen LogP contribution is 2.37. The maximum absolute atomic E-state index is 12.1. The van der Waals surface area contributed by atoms with Crippen LogP contribution in [0.25, 0.3) is 10.9 Å². The van der Waals surface area contributed by atoms with Gasteiger partial charge in [0.25, 0.3) is 0 Å². The van der Waals surface area contributed by atoms with E-state index in [1.807, 2.05) is 37.3 Å². The van der Waals surface area contributed by atoms with E-state index >= 15 is 0 Å². The Balaban J connectivity index is 1.60. The number of hydrogen-bond acceptors (Lipinski definition) is 6. The molecule has 35 heavy (non-hydrogen) atoms. The van der Waals surface area contributed by atoms with E-state index in [0.29, 0.717) is 40.0 Å². The van der Waals surface area contributed by atoms with Crippen molar-refractivity contribution >= 4 is 22.7 Å². The molecular weight excluding hydrogens is 448 g/mol. The smallest absolute Gasteiger partial charge is 0.412 e. The summed E-state index contributed by atoms with van der Waals surface area (Å²) in [5.74, 6) is 3.00. The average Bonchev–Trinajstić information content (AvgIpc) is 2.89. The predicted molar refractivity (Wildman–Crippen MR) is 133 cm³/mol. The molecular formula is C27H26N2O6. The first-order valence-electron chi connectivity index (χ1n) is 10.9. The lowest BCUT2D eigenvalue weighted by Crippen LogP contribution is -2.32. The Morgan fingerprint density at radius 3 is 2.06 bits per heavy atom. The first-order chi connectivity index (χ1) is 16.9. The highest BCUT2D eigenvalue weighted by molar-refractivity contribution is 5.89. The van der Waals surface area contributed by atoms with Crippen LogP contribution in [0.3, 0.4) is 0 Å². The molecule has 3 aromatic carbocycles. The second-order valence-electron chi connectivity index (χ2n) is 7.73. The van der Waals surface area contributed by atoms with E-state index in [0.717, 1.165) is 10.9 Å². The van der Waals surface area contributed by atoms with Crippen LogP contribution in [0.2, 0.25) is 0 Å². The number of ether oxygens (including phenoxy) is 4. The van der Waals surface area contributed by atoms with Gasteiger partial charge in [0.15, 0.2) is 11.5 Å². The number of aromatic nitrogens is 1. The minimum Gasteiger partial charge on any atom is -0.497 e. The topological polar surface area (TPSA) is 90.4 Å². The van der Waals surface area contributed by atoms with Gasteiger partial charge in [0, 0.05) is 23.3 Å². The lowest BCUT2D eigenvalue weighted by Gasteiger charge is -2.27. The number of hydrogen-bond donors (Lipinski definition) is 1. The van der Waals surface area contributed by atoms with Crippen LogP contribution in [0.15, 0.2) is 72.9 Å². The SMILES string of the molecule is COc1ccc(C(C)N(C(=O)O)c2ccc(Oc3ccnc4cc(OC)c(OC)cc34)cc2)cc1. The lowest BCUT2D eigenvalue weighted by atomic mass is 10.1. The van der Waals surface area contributed by atoms with Crippen molar-refractivity contribution in [1.29, 1.82) is 0 Å². The highest BCUT2D eigenvalue weighted by atomic mass is 16.5. The van der Waals surface area contributed by atoms with Crippen LogP contribution in [0.4, 0.5) is 10.5 Å². The van der Waals surface area contributed by atoms with E-state index in [1.165, 1.54) is 4.90 Å². The van der Waals surface area contributed by atoms with Crippen molar-refractivity contribution in [3.05, 3.63) is 78.5 Å². The molecule has 8 heteroatoms.